The first-order valence-electron chi connectivity index (χ1n) is 5.55. The summed E-state index contributed by atoms with van der Waals surface area (Å²) in [4.78, 5) is 5.27. The van der Waals surface area contributed by atoms with Crippen molar-refractivity contribution in [3.8, 4) is 0 Å². The van der Waals surface area contributed by atoms with E-state index >= 15 is 0 Å². The van der Waals surface area contributed by atoms with Crippen molar-refractivity contribution in [3.05, 3.63) is 50.4 Å². The van der Waals surface area contributed by atoms with E-state index < -0.39 is 6.10 Å². The molecule has 2 heterocycles. The fourth-order valence-electron chi connectivity index (χ4n) is 1.81. The van der Waals surface area contributed by atoms with E-state index in [1.807, 2.05) is 23.7 Å². The third-order valence-electron chi connectivity index (χ3n) is 2.75. The monoisotopic (exact) mass is 311 g/mol. The fourth-order valence-corrected chi connectivity index (χ4v) is 3.37. The topological polar surface area (TPSA) is 33.1 Å². The average Bonchev–Trinajstić information content (AvgIpc) is 2.75. The molecule has 1 atom stereocenters. The zero-order chi connectivity index (χ0) is 12.3. The van der Waals surface area contributed by atoms with E-state index in [2.05, 4.69) is 27.8 Å². The molecule has 1 unspecified atom stereocenters. The molecule has 0 aromatic carbocycles. The van der Waals surface area contributed by atoms with Crippen molar-refractivity contribution in [2.24, 2.45) is 0 Å². The Labute approximate surface area is 113 Å². The normalized spacial score (nSPS) is 12.6. The SMILES string of the molecule is CCc1cnccc1C(O)Cc1sccc1Br. The zero-order valence-electron chi connectivity index (χ0n) is 9.56. The number of pyridine rings is 1. The molecule has 0 fully saturated rings. The van der Waals surface area contributed by atoms with Gasteiger partial charge < -0.3 is 5.11 Å². The van der Waals surface area contributed by atoms with Crippen molar-refractivity contribution in [3.63, 3.8) is 0 Å². The third-order valence-corrected chi connectivity index (χ3v) is 4.70. The highest BCUT2D eigenvalue weighted by molar-refractivity contribution is 9.10. The van der Waals surface area contributed by atoms with E-state index in [9.17, 15) is 5.11 Å². The van der Waals surface area contributed by atoms with Gasteiger partial charge in [-0.05, 0) is 51.0 Å². The van der Waals surface area contributed by atoms with Gasteiger partial charge in [-0.3, -0.25) is 4.98 Å². The minimum absolute atomic E-state index is 0.456. The van der Waals surface area contributed by atoms with E-state index in [0.29, 0.717) is 6.42 Å². The van der Waals surface area contributed by atoms with Crippen LogP contribution in [-0.2, 0) is 12.8 Å². The highest BCUT2D eigenvalue weighted by atomic mass is 79.9. The smallest absolute Gasteiger partial charge is 0.0842 e. The number of aryl methyl sites for hydroxylation is 1. The zero-order valence-corrected chi connectivity index (χ0v) is 12.0. The maximum Gasteiger partial charge on any atom is 0.0842 e. The maximum atomic E-state index is 10.3. The van der Waals surface area contributed by atoms with E-state index in [-0.39, 0.29) is 0 Å². The summed E-state index contributed by atoms with van der Waals surface area (Å²) in [5.74, 6) is 0. The summed E-state index contributed by atoms with van der Waals surface area (Å²) in [7, 11) is 0. The lowest BCUT2D eigenvalue weighted by atomic mass is 10.0. The Kier molecular flexibility index (Phi) is 4.31. The van der Waals surface area contributed by atoms with Gasteiger partial charge in [0.1, 0.15) is 0 Å². The number of thiophene rings is 1. The molecular formula is C13H14BrNOS. The fraction of sp³-hybridized carbons (Fsp3) is 0.308. The second kappa shape index (κ2) is 5.76. The van der Waals surface area contributed by atoms with Crippen LogP contribution in [0, 0.1) is 0 Å². The standard InChI is InChI=1S/C13H14BrNOS/c1-2-9-8-15-5-3-10(9)12(16)7-13-11(14)4-6-17-13/h3-6,8,12,16H,2,7H2,1H3. The van der Waals surface area contributed by atoms with Gasteiger partial charge in [-0.2, -0.15) is 0 Å². The number of hydrogen-bond acceptors (Lipinski definition) is 3. The lowest BCUT2D eigenvalue weighted by Crippen LogP contribution is -2.05. The summed E-state index contributed by atoms with van der Waals surface area (Å²) in [6, 6.07) is 3.92. The van der Waals surface area contributed by atoms with Gasteiger partial charge in [-0.15, -0.1) is 11.3 Å². The highest BCUT2D eigenvalue weighted by Crippen LogP contribution is 2.29. The van der Waals surface area contributed by atoms with Crippen LogP contribution in [0.5, 0.6) is 0 Å². The summed E-state index contributed by atoms with van der Waals surface area (Å²) >= 11 is 5.15. The Morgan fingerprint density at radius 2 is 2.29 bits per heavy atom. The van der Waals surface area contributed by atoms with Crippen molar-refractivity contribution in [1.82, 2.24) is 4.98 Å². The van der Waals surface area contributed by atoms with Gasteiger partial charge in [-0.25, -0.2) is 0 Å². The molecule has 1 N–H and O–H groups in total. The number of halogens is 1. The summed E-state index contributed by atoms with van der Waals surface area (Å²) in [6.45, 7) is 2.08. The molecule has 2 aromatic heterocycles. The number of aliphatic hydroxyl groups excluding tert-OH is 1. The molecular weight excluding hydrogens is 298 g/mol. The molecule has 0 spiro atoms. The maximum absolute atomic E-state index is 10.3. The average molecular weight is 312 g/mol. The van der Waals surface area contributed by atoms with Gasteiger partial charge >= 0.3 is 0 Å². The molecule has 0 saturated carbocycles. The molecule has 0 aliphatic heterocycles. The molecule has 17 heavy (non-hydrogen) atoms. The van der Waals surface area contributed by atoms with Crippen molar-refractivity contribution < 1.29 is 5.11 Å². The van der Waals surface area contributed by atoms with Gasteiger partial charge in [0.05, 0.1) is 6.10 Å². The van der Waals surface area contributed by atoms with E-state index in [1.165, 1.54) is 4.88 Å². The van der Waals surface area contributed by atoms with Gasteiger partial charge in [0, 0.05) is 28.2 Å². The number of rotatable bonds is 4. The van der Waals surface area contributed by atoms with Crippen LogP contribution in [0.4, 0.5) is 0 Å². The van der Waals surface area contributed by atoms with Gasteiger partial charge in [0.15, 0.2) is 0 Å². The van der Waals surface area contributed by atoms with Gasteiger partial charge in [-0.1, -0.05) is 6.92 Å². The number of hydrogen-bond donors (Lipinski definition) is 1. The number of nitrogens with zero attached hydrogens (tertiary/aromatic N) is 1. The van der Waals surface area contributed by atoms with Crippen LogP contribution in [0.2, 0.25) is 0 Å². The molecule has 0 radical (unpaired) electrons. The lowest BCUT2D eigenvalue weighted by molar-refractivity contribution is 0.178. The van der Waals surface area contributed by atoms with Gasteiger partial charge in [0.25, 0.3) is 0 Å². The Hall–Kier alpha value is -0.710. The van der Waals surface area contributed by atoms with Crippen molar-refractivity contribution >= 4 is 27.3 Å². The minimum atomic E-state index is -0.456. The summed E-state index contributed by atoms with van der Waals surface area (Å²) in [5.41, 5.74) is 2.11. The largest absolute Gasteiger partial charge is 0.388 e. The van der Waals surface area contributed by atoms with Crippen LogP contribution in [0.15, 0.2) is 34.4 Å². The summed E-state index contributed by atoms with van der Waals surface area (Å²) in [6.07, 6.45) is 4.66. The van der Waals surface area contributed by atoms with Crippen molar-refractivity contribution in [1.29, 1.82) is 0 Å². The molecule has 2 rings (SSSR count). The first-order chi connectivity index (χ1) is 8.22. The molecule has 0 aliphatic rings. The Morgan fingerprint density at radius 3 is 2.94 bits per heavy atom. The molecule has 0 bridgehead atoms. The van der Waals surface area contributed by atoms with Crippen LogP contribution >= 0.6 is 27.3 Å². The predicted molar refractivity (Wildman–Crippen MR) is 74.3 cm³/mol. The number of aliphatic hydroxyl groups is 1. The molecule has 2 nitrogen and oxygen atoms in total. The predicted octanol–water partition coefficient (Wildman–Crippen LogP) is 3.74. The second-order valence-electron chi connectivity index (χ2n) is 3.84. The van der Waals surface area contributed by atoms with Crippen LogP contribution in [0.1, 0.15) is 29.0 Å². The molecule has 0 saturated heterocycles. The highest BCUT2D eigenvalue weighted by Gasteiger charge is 2.14. The molecule has 0 amide bonds. The second-order valence-corrected chi connectivity index (χ2v) is 5.69. The third kappa shape index (κ3) is 2.94. The molecule has 4 heteroatoms. The Bertz CT molecular complexity index is 498. The molecule has 90 valence electrons. The Balaban J connectivity index is 2.20. The van der Waals surface area contributed by atoms with E-state index in [1.54, 1.807) is 17.5 Å². The quantitative estimate of drug-likeness (QED) is 0.933. The first kappa shape index (κ1) is 12.7. The van der Waals surface area contributed by atoms with Crippen LogP contribution in [-0.4, -0.2) is 10.1 Å². The first-order valence-corrected chi connectivity index (χ1v) is 7.22. The van der Waals surface area contributed by atoms with Crippen LogP contribution in [0.25, 0.3) is 0 Å². The summed E-state index contributed by atoms with van der Waals surface area (Å²) < 4.78 is 1.08. The van der Waals surface area contributed by atoms with Crippen LogP contribution in [0.3, 0.4) is 0 Å². The summed E-state index contributed by atoms with van der Waals surface area (Å²) in [5, 5.41) is 12.3. The lowest BCUT2D eigenvalue weighted by Gasteiger charge is -2.13. The number of aromatic nitrogens is 1. The van der Waals surface area contributed by atoms with E-state index in [4.69, 9.17) is 0 Å². The van der Waals surface area contributed by atoms with Crippen LogP contribution < -0.4 is 0 Å². The van der Waals surface area contributed by atoms with Crippen molar-refractivity contribution in [2.45, 2.75) is 25.9 Å². The molecule has 2 aromatic rings. The molecule has 0 aliphatic carbocycles. The van der Waals surface area contributed by atoms with Crippen molar-refractivity contribution in [2.75, 3.05) is 0 Å². The van der Waals surface area contributed by atoms with E-state index in [0.717, 1.165) is 22.0 Å². The Morgan fingerprint density at radius 1 is 1.47 bits per heavy atom. The minimum Gasteiger partial charge on any atom is -0.388 e. The van der Waals surface area contributed by atoms with Gasteiger partial charge in [0.2, 0.25) is 0 Å².